The van der Waals surface area contributed by atoms with Crippen molar-refractivity contribution in [3.8, 4) is 11.6 Å². The summed E-state index contributed by atoms with van der Waals surface area (Å²) in [5.41, 5.74) is 7.67. The quantitative estimate of drug-likeness (QED) is 0.672. The molecule has 1 aliphatic heterocycles. The lowest BCUT2D eigenvalue weighted by molar-refractivity contribution is 0.576. The average molecular weight is 297 g/mol. The number of furan rings is 1. The fourth-order valence-corrected chi connectivity index (χ4v) is 2.55. The third-order valence-corrected chi connectivity index (χ3v) is 3.43. The van der Waals surface area contributed by atoms with Crippen LogP contribution in [0.15, 0.2) is 52.1 Å². The Morgan fingerprint density at radius 1 is 1.19 bits per heavy atom. The largest absolute Gasteiger partial charge is 0.461 e. The third-order valence-electron chi connectivity index (χ3n) is 3.23. The zero-order valence-electron chi connectivity index (χ0n) is 10.9. The minimum atomic E-state index is 0.402. The van der Waals surface area contributed by atoms with Crippen molar-refractivity contribution in [1.82, 2.24) is 20.4 Å². The number of fused-ring (bicyclic) bond motifs is 1. The number of nitrogens with one attached hydrogen (secondary N) is 2. The van der Waals surface area contributed by atoms with E-state index in [4.69, 9.17) is 16.6 Å². The molecule has 21 heavy (non-hydrogen) atoms. The first-order valence-corrected chi connectivity index (χ1v) is 6.86. The molecule has 0 atom stereocenters. The standard InChI is InChI=1S/C14H11N5OS/c21-14-17-12(8-15-18-14)19-10-5-2-1-4-9(10)16-13(19)11-6-3-7-20-11/h1-7,15H,8H2,(H,18,21). The molecule has 0 radical (unpaired) electrons. The van der Waals surface area contributed by atoms with Crippen molar-refractivity contribution < 1.29 is 4.42 Å². The van der Waals surface area contributed by atoms with Crippen LogP contribution < -0.4 is 10.9 Å². The van der Waals surface area contributed by atoms with E-state index in [2.05, 4.69) is 20.8 Å². The molecular weight excluding hydrogens is 286 g/mol. The Kier molecular flexibility index (Phi) is 2.80. The van der Waals surface area contributed by atoms with E-state index in [0.29, 0.717) is 23.2 Å². The van der Waals surface area contributed by atoms with Crippen LogP contribution in [0.4, 0.5) is 0 Å². The zero-order valence-corrected chi connectivity index (χ0v) is 11.7. The number of hydrogen-bond donors (Lipinski definition) is 2. The number of thiocarbonyl (C=S) groups is 1. The van der Waals surface area contributed by atoms with E-state index in [0.717, 1.165) is 16.9 Å². The molecule has 6 nitrogen and oxygen atoms in total. The summed E-state index contributed by atoms with van der Waals surface area (Å²) in [5.74, 6) is 2.18. The van der Waals surface area contributed by atoms with Gasteiger partial charge >= 0.3 is 0 Å². The highest BCUT2D eigenvalue weighted by atomic mass is 32.1. The Bertz CT molecular complexity index is 850. The maximum Gasteiger partial charge on any atom is 0.209 e. The summed E-state index contributed by atoms with van der Waals surface area (Å²) in [5, 5.41) is 0.402. The highest BCUT2D eigenvalue weighted by molar-refractivity contribution is 7.80. The highest BCUT2D eigenvalue weighted by Gasteiger charge is 2.20. The molecule has 0 aliphatic carbocycles. The van der Waals surface area contributed by atoms with Gasteiger partial charge in [0.05, 0.1) is 23.8 Å². The summed E-state index contributed by atoms with van der Waals surface area (Å²) in [4.78, 5) is 9.05. The topological polar surface area (TPSA) is 67.4 Å². The zero-order chi connectivity index (χ0) is 14.2. The molecule has 1 aromatic carbocycles. The first-order chi connectivity index (χ1) is 10.3. The Morgan fingerprint density at radius 3 is 2.90 bits per heavy atom. The van der Waals surface area contributed by atoms with E-state index < -0.39 is 0 Å². The van der Waals surface area contributed by atoms with Gasteiger partial charge in [-0.15, -0.1) is 0 Å². The maximum absolute atomic E-state index is 5.50. The second-order valence-electron chi connectivity index (χ2n) is 4.55. The Morgan fingerprint density at radius 2 is 2.10 bits per heavy atom. The van der Waals surface area contributed by atoms with Gasteiger partial charge in [0.25, 0.3) is 0 Å². The van der Waals surface area contributed by atoms with Gasteiger partial charge in [-0.2, -0.15) is 0 Å². The molecule has 2 aromatic heterocycles. The molecule has 104 valence electrons. The molecule has 7 heteroatoms. The van der Waals surface area contributed by atoms with Crippen molar-refractivity contribution in [3.63, 3.8) is 0 Å². The van der Waals surface area contributed by atoms with Crippen molar-refractivity contribution in [2.75, 3.05) is 6.54 Å². The maximum atomic E-state index is 5.50. The lowest BCUT2D eigenvalue weighted by atomic mass is 10.3. The number of para-hydroxylation sites is 2. The Hall–Kier alpha value is -2.51. The fraction of sp³-hybridized carbons (Fsp3) is 0.0714. The van der Waals surface area contributed by atoms with Crippen molar-refractivity contribution in [2.45, 2.75) is 0 Å². The van der Waals surface area contributed by atoms with Gasteiger partial charge in [-0.3, -0.25) is 9.99 Å². The van der Waals surface area contributed by atoms with Crippen molar-refractivity contribution >= 4 is 34.2 Å². The van der Waals surface area contributed by atoms with E-state index in [1.54, 1.807) is 6.26 Å². The molecule has 0 amide bonds. The van der Waals surface area contributed by atoms with Crippen LogP contribution >= 0.6 is 12.2 Å². The third kappa shape index (κ3) is 2.03. The molecule has 2 N–H and O–H groups in total. The van der Waals surface area contributed by atoms with E-state index in [1.807, 2.05) is 41.0 Å². The molecule has 3 heterocycles. The lowest BCUT2D eigenvalue weighted by Gasteiger charge is -2.17. The smallest absolute Gasteiger partial charge is 0.209 e. The number of hydrazine groups is 1. The fourth-order valence-electron chi connectivity index (χ4n) is 2.37. The van der Waals surface area contributed by atoms with Crippen LogP contribution in [0.3, 0.4) is 0 Å². The number of benzene rings is 1. The van der Waals surface area contributed by atoms with Crippen LogP contribution in [-0.4, -0.2) is 27.0 Å². The minimum absolute atomic E-state index is 0.402. The average Bonchev–Trinajstić information content (AvgIpc) is 3.14. The first kappa shape index (κ1) is 12.2. The molecular formula is C14H11N5OS. The molecule has 0 saturated carbocycles. The number of rotatable bonds is 1. The summed E-state index contributed by atoms with van der Waals surface area (Å²) in [7, 11) is 0. The predicted octanol–water partition coefficient (Wildman–Crippen LogP) is 1.94. The molecule has 0 unspecified atom stereocenters. The van der Waals surface area contributed by atoms with Crippen molar-refractivity contribution in [1.29, 1.82) is 0 Å². The summed E-state index contributed by atoms with van der Waals surface area (Å²) in [6.07, 6.45) is 1.63. The number of nitrogens with zero attached hydrogens (tertiary/aromatic N) is 3. The molecule has 0 fully saturated rings. The molecule has 0 saturated heterocycles. The van der Waals surface area contributed by atoms with E-state index >= 15 is 0 Å². The van der Waals surface area contributed by atoms with Crippen LogP contribution in [0.1, 0.15) is 0 Å². The van der Waals surface area contributed by atoms with Crippen LogP contribution in [0, 0.1) is 0 Å². The lowest BCUT2D eigenvalue weighted by Crippen LogP contribution is -2.46. The number of imidazole rings is 1. The Balaban J connectivity index is 2.01. The van der Waals surface area contributed by atoms with Crippen molar-refractivity contribution in [3.05, 3.63) is 42.7 Å². The van der Waals surface area contributed by atoms with Gasteiger partial charge < -0.3 is 4.42 Å². The van der Waals surface area contributed by atoms with Crippen molar-refractivity contribution in [2.24, 2.45) is 4.99 Å². The molecule has 0 bridgehead atoms. The van der Waals surface area contributed by atoms with Crippen LogP contribution in [0.5, 0.6) is 0 Å². The second kappa shape index (κ2) is 4.80. The summed E-state index contributed by atoms with van der Waals surface area (Å²) in [6.45, 7) is 0.536. The van der Waals surface area contributed by atoms with Crippen LogP contribution in [0.2, 0.25) is 0 Å². The SMILES string of the molecule is S=C1N=C(n2c(-c3ccco3)nc3ccccc32)CNN1. The summed E-state index contributed by atoms with van der Waals surface area (Å²) in [6, 6.07) is 11.6. The monoisotopic (exact) mass is 297 g/mol. The van der Waals surface area contributed by atoms with Gasteiger partial charge in [0.2, 0.25) is 5.11 Å². The Labute approximate surface area is 125 Å². The van der Waals surface area contributed by atoms with Gasteiger partial charge in [0.1, 0.15) is 5.84 Å². The molecule has 3 aromatic rings. The number of aliphatic imine (C=N–C) groups is 1. The van der Waals surface area contributed by atoms with Gasteiger partial charge in [-0.1, -0.05) is 12.1 Å². The normalized spacial score (nSPS) is 15.0. The molecule has 0 spiro atoms. The second-order valence-corrected chi connectivity index (χ2v) is 4.94. The number of hydrogen-bond acceptors (Lipinski definition) is 4. The van der Waals surface area contributed by atoms with E-state index in [9.17, 15) is 0 Å². The minimum Gasteiger partial charge on any atom is -0.461 e. The van der Waals surface area contributed by atoms with E-state index in [1.165, 1.54) is 0 Å². The summed E-state index contributed by atoms with van der Waals surface area (Å²) >= 11 is 5.10. The van der Waals surface area contributed by atoms with Gasteiger partial charge in [0, 0.05) is 0 Å². The van der Waals surface area contributed by atoms with Gasteiger partial charge in [0.15, 0.2) is 11.6 Å². The van der Waals surface area contributed by atoms with Crippen LogP contribution in [0.25, 0.3) is 22.6 Å². The predicted molar refractivity (Wildman–Crippen MR) is 84.0 cm³/mol. The number of aromatic nitrogens is 2. The first-order valence-electron chi connectivity index (χ1n) is 6.45. The summed E-state index contributed by atoms with van der Waals surface area (Å²) < 4.78 is 7.47. The highest BCUT2D eigenvalue weighted by Crippen LogP contribution is 2.25. The molecule has 1 aliphatic rings. The van der Waals surface area contributed by atoms with Crippen LogP contribution in [-0.2, 0) is 0 Å². The van der Waals surface area contributed by atoms with E-state index in [-0.39, 0.29) is 0 Å². The van der Waals surface area contributed by atoms with Gasteiger partial charge in [-0.25, -0.2) is 15.4 Å². The molecule has 4 rings (SSSR count). The van der Waals surface area contributed by atoms with Gasteiger partial charge in [-0.05, 0) is 36.5 Å².